The van der Waals surface area contributed by atoms with E-state index in [0.717, 1.165) is 0 Å². The standard InChI is InChI=1S/C15H12ClF2NO2/c16-11-5-2-6-12(8-11)19-13(15(20)21)9-3-1-4-10(7-9)14(17)18/h1-8,13-14,19H,(H,20,21). The lowest BCUT2D eigenvalue weighted by Crippen LogP contribution is -2.20. The molecule has 0 aliphatic carbocycles. The van der Waals surface area contributed by atoms with E-state index in [1.54, 1.807) is 24.3 Å². The second-order valence-corrected chi connectivity index (χ2v) is 4.83. The molecule has 0 bridgehead atoms. The van der Waals surface area contributed by atoms with Crippen LogP contribution in [0.2, 0.25) is 5.02 Å². The molecule has 2 rings (SSSR count). The Morgan fingerprint density at radius 2 is 1.76 bits per heavy atom. The fourth-order valence-electron chi connectivity index (χ4n) is 1.91. The zero-order valence-electron chi connectivity index (χ0n) is 10.8. The lowest BCUT2D eigenvalue weighted by atomic mass is 10.0. The third-order valence-electron chi connectivity index (χ3n) is 2.88. The minimum Gasteiger partial charge on any atom is -0.479 e. The van der Waals surface area contributed by atoms with Crippen molar-refractivity contribution < 1.29 is 18.7 Å². The zero-order valence-corrected chi connectivity index (χ0v) is 11.5. The van der Waals surface area contributed by atoms with E-state index in [1.165, 1.54) is 24.3 Å². The van der Waals surface area contributed by atoms with Crippen LogP contribution in [0.3, 0.4) is 0 Å². The molecule has 2 aromatic rings. The third kappa shape index (κ3) is 3.92. The average Bonchev–Trinajstić information content (AvgIpc) is 2.44. The van der Waals surface area contributed by atoms with Crippen molar-refractivity contribution >= 4 is 23.3 Å². The van der Waals surface area contributed by atoms with Crippen LogP contribution in [0.4, 0.5) is 14.5 Å². The molecule has 0 heterocycles. The topological polar surface area (TPSA) is 49.3 Å². The number of carboxylic acids is 1. The minimum absolute atomic E-state index is 0.216. The summed E-state index contributed by atoms with van der Waals surface area (Å²) in [6.07, 6.45) is -2.65. The highest BCUT2D eigenvalue weighted by molar-refractivity contribution is 6.30. The molecule has 0 saturated heterocycles. The maximum atomic E-state index is 12.7. The molecule has 0 spiro atoms. The first-order valence-electron chi connectivity index (χ1n) is 6.10. The summed E-state index contributed by atoms with van der Waals surface area (Å²) >= 11 is 5.83. The Hall–Kier alpha value is -2.14. The fraction of sp³-hybridized carbons (Fsp3) is 0.133. The molecule has 2 aromatic carbocycles. The van der Waals surface area contributed by atoms with Crippen LogP contribution in [-0.2, 0) is 4.79 Å². The largest absolute Gasteiger partial charge is 0.479 e. The highest BCUT2D eigenvalue weighted by Gasteiger charge is 2.21. The van der Waals surface area contributed by atoms with Gasteiger partial charge in [0.1, 0.15) is 0 Å². The molecule has 0 radical (unpaired) electrons. The second kappa shape index (κ2) is 6.54. The Kier molecular flexibility index (Phi) is 4.75. The van der Waals surface area contributed by atoms with Crippen LogP contribution in [0.5, 0.6) is 0 Å². The van der Waals surface area contributed by atoms with Gasteiger partial charge in [-0.1, -0.05) is 35.9 Å². The normalized spacial score (nSPS) is 12.2. The Morgan fingerprint density at radius 1 is 1.10 bits per heavy atom. The van der Waals surface area contributed by atoms with Crippen molar-refractivity contribution in [3.8, 4) is 0 Å². The van der Waals surface area contributed by atoms with Gasteiger partial charge in [0.25, 0.3) is 6.43 Å². The maximum Gasteiger partial charge on any atom is 0.330 e. The van der Waals surface area contributed by atoms with Gasteiger partial charge in [-0.05, 0) is 29.8 Å². The maximum absolute atomic E-state index is 12.7. The van der Waals surface area contributed by atoms with Gasteiger partial charge >= 0.3 is 5.97 Å². The van der Waals surface area contributed by atoms with E-state index < -0.39 is 18.4 Å². The molecule has 0 amide bonds. The van der Waals surface area contributed by atoms with Gasteiger partial charge in [0, 0.05) is 16.3 Å². The number of nitrogens with one attached hydrogen (secondary N) is 1. The number of alkyl halides is 2. The fourth-order valence-corrected chi connectivity index (χ4v) is 2.10. The minimum atomic E-state index is -2.65. The van der Waals surface area contributed by atoms with E-state index in [9.17, 15) is 18.7 Å². The van der Waals surface area contributed by atoms with Crippen molar-refractivity contribution in [2.24, 2.45) is 0 Å². The van der Waals surface area contributed by atoms with Gasteiger partial charge in [0.15, 0.2) is 6.04 Å². The summed E-state index contributed by atoms with van der Waals surface area (Å²) < 4.78 is 25.4. The summed E-state index contributed by atoms with van der Waals surface area (Å²) in [7, 11) is 0. The number of aliphatic carboxylic acids is 1. The second-order valence-electron chi connectivity index (χ2n) is 4.40. The summed E-state index contributed by atoms with van der Waals surface area (Å²) in [5.41, 5.74) is 0.532. The molecule has 0 fully saturated rings. The summed E-state index contributed by atoms with van der Waals surface area (Å²) in [4.78, 5) is 11.4. The van der Waals surface area contributed by atoms with E-state index in [0.29, 0.717) is 10.7 Å². The van der Waals surface area contributed by atoms with Gasteiger partial charge < -0.3 is 10.4 Å². The van der Waals surface area contributed by atoms with Crippen molar-refractivity contribution in [3.05, 3.63) is 64.7 Å². The molecular weight excluding hydrogens is 300 g/mol. The molecule has 0 aliphatic heterocycles. The van der Waals surface area contributed by atoms with Crippen molar-refractivity contribution in [1.29, 1.82) is 0 Å². The molecule has 6 heteroatoms. The first kappa shape index (κ1) is 15.3. The van der Waals surface area contributed by atoms with E-state index in [2.05, 4.69) is 5.32 Å². The van der Waals surface area contributed by atoms with E-state index in [4.69, 9.17) is 11.6 Å². The summed E-state index contributed by atoms with van der Waals surface area (Å²) in [6.45, 7) is 0. The lowest BCUT2D eigenvalue weighted by molar-refractivity contribution is -0.138. The number of halogens is 3. The van der Waals surface area contributed by atoms with E-state index in [1.807, 2.05) is 0 Å². The summed E-state index contributed by atoms with van der Waals surface area (Å²) in [5, 5.41) is 12.5. The van der Waals surface area contributed by atoms with Crippen LogP contribution < -0.4 is 5.32 Å². The first-order valence-corrected chi connectivity index (χ1v) is 6.48. The molecule has 3 nitrogen and oxygen atoms in total. The molecule has 21 heavy (non-hydrogen) atoms. The highest BCUT2D eigenvalue weighted by Crippen LogP contribution is 2.26. The van der Waals surface area contributed by atoms with Crippen LogP contribution in [-0.4, -0.2) is 11.1 Å². The Labute approximate surface area is 125 Å². The first-order chi connectivity index (χ1) is 9.97. The smallest absolute Gasteiger partial charge is 0.330 e. The van der Waals surface area contributed by atoms with E-state index >= 15 is 0 Å². The SMILES string of the molecule is O=C(O)C(Nc1cccc(Cl)c1)c1cccc(C(F)F)c1. The van der Waals surface area contributed by atoms with Crippen LogP contribution >= 0.6 is 11.6 Å². The predicted octanol–water partition coefficient (Wildman–Crippen LogP) is 4.52. The molecule has 2 N–H and O–H groups in total. The molecule has 110 valence electrons. The molecular formula is C15H12ClF2NO2. The van der Waals surface area contributed by atoms with Crippen molar-refractivity contribution in [2.45, 2.75) is 12.5 Å². The van der Waals surface area contributed by atoms with Gasteiger partial charge in [0.2, 0.25) is 0 Å². The highest BCUT2D eigenvalue weighted by atomic mass is 35.5. The molecule has 1 atom stereocenters. The van der Waals surface area contributed by atoms with Crippen LogP contribution in [0, 0.1) is 0 Å². The number of rotatable bonds is 5. The number of hydrogen-bond donors (Lipinski definition) is 2. The van der Waals surface area contributed by atoms with Gasteiger partial charge in [-0.2, -0.15) is 0 Å². The number of benzene rings is 2. The van der Waals surface area contributed by atoms with Gasteiger partial charge in [-0.3, -0.25) is 0 Å². The summed E-state index contributed by atoms with van der Waals surface area (Å²) in [6, 6.07) is 10.7. The average molecular weight is 312 g/mol. The molecule has 1 unspecified atom stereocenters. The Morgan fingerprint density at radius 3 is 2.38 bits per heavy atom. The number of carboxylic acid groups (broad SMARTS) is 1. The van der Waals surface area contributed by atoms with Crippen molar-refractivity contribution in [1.82, 2.24) is 0 Å². The van der Waals surface area contributed by atoms with Gasteiger partial charge in [-0.25, -0.2) is 13.6 Å². The van der Waals surface area contributed by atoms with Crippen LogP contribution in [0.15, 0.2) is 48.5 Å². The van der Waals surface area contributed by atoms with Crippen LogP contribution in [0.1, 0.15) is 23.6 Å². The van der Waals surface area contributed by atoms with Crippen LogP contribution in [0.25, 0.3) is 0 Å². The number of hydrogen-bond acceptors (Lipinski definition) is 2. The summed E-state index contributed by atoms with van der Waals surface area (Å²) in [5.74, 6) is -1.17. The molecule has 0 saturated carbocycles. The lowest BCUT2D eigenvalue weighted by Gasteiger charge is -2.17. The molecule has 0 aromatic heterocycles. The Balaban J connectivity index is 2.31. The zero-order chi connectivity index (χ0) is 15.4. The Bertz CT molecular complexity index is 649. The molecule has 0 aliphatic rings. The van der Waals surface area contributed by atoms with Crippen molar-refractivity contribution in [3.63, 3.8) is 0 Å². The number of carbonyl (C=O) groups is 1. The number of anilines is 1. The predicted molar refractivity (Wildman–Crippen MR) is 76.9 cm³/mol. The van der Waals surface area contributed by atoms with Gasteiger partial charge in [-0.15, -0.1) is 0 Å². The monoisotopic (exact) mass is 311 g/mol. The van der Waals surface area contributed by atoms with Crippen molar-refractivity contribution in [2.75, 3.05) is 5.32 Å². The third-order valence-corrected chi connectivity index (χ3v) is 3.11. The van der Waals surface area contributed by atoms with E-state index in [-0.39, 0.29) is 11.1 Å². The quantitative estimate of drug-likeness (QED) is 0.853. The van der Waals surface area contributed by atoms with Gasteiger partial charge in [0.05, 0.1) is 0 Å².